The van der Waals surface area contributed by atoms with Crippen LogP contribution in [0.1, 0.15) is 35.4 Å². The molecule has 92 valence electrons. The van der Waals surface area contributed by atoms with Gasteiger partial charge in [0.15, 0.2) is 0 Å². The molecular weight excluding hydrogens is 236 g/mol. The Morgan fingerprint density at radius 1 is 1.41 bits per heavy atom. The Kier molecular flexibility index (Phi) is 5.48. The van der Waals surface area contributed by atoms with E-state index in [1.54, 1.807) is 6.20 Å². The summed E-state index contributed by atoms with van der Waals surface area (Å²) in [6, 6.07) is 0. The molecule has 0 aliphatic rings. The lowest BCUT2D eigenvalue weighted by atomic mass is 10.2. The van der Waals surface area contributed by atoms with E-state index in [0.29, 0.717) is 17.2 Å². The summed E-state index contributed by atoms with van der Waals surface area (Å²) < 4.78 is 0. The summed E-state index contributed by atoms with van der Waals surface area (Å²) in [5.74, 6) is -0.201. The number of nitrogens with zero attached hydrogens (tertiary/aromatic N) is 2. The first-order valence-electron chi connectivity index (χ1n) is 5.44. The molecule has 0 spiro atoms. The van der Waals surface area contributed by atoms with Crippen molar-refractivity contribution in [3.05, 3.63) is 23.8 Å². The lowest BCUT2D eigenvalue weighted by Gasteiger charge is -2.04. The summed E-state index contributed by atoms with van der Waals surface area (Å²) >= 11 is 4.76. The Balaban J connectivity index is 2.25. The number of hydrogen-bond acceptors (Lipinski definition) is 4. The summed E-state index contributed by atoms with van der Waals surface area (Å²) in [7, 11) is 0. The molecular formula is C11H16N4OS. The van der Waals surface area contributed by atoms with Gasteiger partial charge in [0.2, 0.25) is 0 Å². The van der Waals surface area contributed by atoms with E-state index in [9.17, 15) is 4.79 Å². The van der Waals surface area contributed by atoms with Gasteiger partial charge in [-0.25, -0.2) is 4.98 Å². The minimum atomic E-state index is -0.201. The van der Waals surface area contributed by atoms with Crippen LogP contribution in [0.15, 0.2) is 12.4 Å². The van der Waals surface area contributed by atoms with Gasteiger partial charge in [0.1, 0.15) is 5.69 Å². The molecule has 3 N–H and O–H groups in total. The maximum absolute atomic E-state index is 11.6. The van der Waals surface area contributed by atoms with Crippen LogP contribution in [-0.4, -0.2) is 27.4 Å². The topological polar surface area (TPSA) is 80.9 Å². The minimum Gasteiger partial charge on any atom is -0.393 e. The molecule has 1 aromatic rings. The van der Waals surface area contributed by atoms with Gasteiger partial charge in [-0.15, -0.1) is 0 Å². The Morgan fingerprint density at radius 3 is 2.76 bits per heavy atom. The number of nitrogens with one attached hydrogen (secondary N) is 1. The predicted molar refractivity (Wildman–Crippen MR) is 69.7 cm³/mol. The van der Waals surface area contributed by atoms with Crippen molar-refractivity contribution < 1.29 is 4.79 Å². The highest BCUT2D eigenvalue weighted by molar-refractivity contribution is 7.80. The monoisotopic (exact) mass is 252 g/mol. The molecule has 0 aliphatic carbocycles. The summed E-state index contributed by atoms with van der Waals surface area (Å²) in [4.78, 5) is 20.1. The smallest absolute Gasteiger partial charge is 0.271 e. The standard InChI is InChI=1S/C11H16N4OS/c1-8-6-15-9(7-14-8)11(16)13-5-3-2-4-10(12)17/h6-7H,2-5H2,1H3,(H2,12,17)(H,13,16). The van der Waals surface area contributed by atoms with Crippen molar-refractivity contribution in [2.24, 2.45) is 5.73 Å². The summed E-state index contributed by atoms with van der Waals surface area (Å²) in [5.41, 5.74) is 6.49. The third-order valence-electron chi connectivity index (χ3n) is 2.15. The van der Waals surface area contributed by atoms with Crippen LogP contribution in [0.3, 0.4) is 0 Å². The van der Waals surface area contributed by atoms with Crippen molar-refractivity contribution in [2.75, 3.05) is 6.54 Å². The van der Waals surface area contributed by atoms with Crippen LogP contribution < -0.4 is 11.1 Å². The molecule has 1 amide bonds. The van der Waals surface area contributed by atoms with E-state index in [4.69, 9.17) is 18.0 Å². The first-order chi connectivity index (χ1) is 8.09. The zero-order valence-electron chi connectivity index (χ0n) is 9.77. The number of aryl methyl sites for hydroxylation is 1. The van der Waals surface area contributed by atoms with E-state index < -0.39 is 0 Å². The van der Waals surface area contributed by atoms with E-state index in [1.165, 1.54) is 6.20 Å². The van der Waals surface area contributed by atoms with Gasteiger partial charge in [0.25, 0.3) is 5.91 Å². The summed E-state index contributed by atoms with van der Waals surface area (Å²) in [5, 5.41) is 2.77. The molecule has 0 atom stereocenters. The zero-order valence-corrected chi connectivity index (χ0v) is 10.6. The average Bonchev–Trinajstić information content (AvgIpc) is 2.29. The second kappa shape index (κ2) is 6.90. The molecule has 0 bridgehead atoms. The minimum absolute atomic E-state index is 0.201. The fourth-order valence-corrected chi connectivity index (χ4v) is 1.37. The van der Waals surface area contributed by atoms with Crippen molar-refractivity contribution >= 4 is 23.1 Å². The third-order valence-corrected chi connectivity index (χ3v) is 2.35. The third kappa shape index (κ3) is 5.35. The molecule has 17 heavy (non-hydrogen) atoms. The molecule has 1 heterocycles. The number of carbonyl (C=O) groups excluding carboxylic acids is 1. The molecule has 0 radical (unpaired) electrons. The summed E-state index contributed by atoms with van der Waals surface area (Å²) in [6.45, 7) is 2.42. The molecule has 6 heteroatoms. The average molecular weight is 252 g/mol. The maximum atomic E-state index is 11.6. The van der Waals surface area contributed by atoms with Gasteiger partial charge in [-0.3, -0.25) is 9.78 Å². The summed E-state index contributed by atoms with van der Waals surface area (Å²) in [6.07, 6.45) is 5.49. The molecule has 0 saturated carbocycles. The van der Waals surface area contributed by atoms with Crippen molar-refractivity contribution in [3.8, 4) is 0 Å². The fourth-order valence-electron chi connectivity index (χ4n) is 1.23. The van der Waals surface area contributed by atoms with Crippen molar-refractivity contribution in [1.82, 2.24) is 15.3 Å². The lowest BCUT2D eigenvalue weighted by molar-refractivity contribution is 0.0947. The van der Waals surface area contributed by atoms with E-state index >= 15 is 0 Å². The number of hydrogen-bond donors (Lipinski definition) is 2. The number of unbranched alkanes of at least 4 members (excludes halogenated alkanes) is 1. The Bertz CT molecular complexity index is 391. The molecule has 1 aromatic heterocycles. The molecule has 0 aliphatic heterocycles. The van der Waals surface area contributed by atoms with Gasteiger partial charge in [-0.2, -0.15) is 0 Å². The largest absolute Gasteiger partial charge is 0.393 e. The van der Waals surface area contributed by atoms with Crippen molar-refractivity contribution in [1.29, 1.82) is 0 Å². The fraction of sp³-hybridized carbons (Fsp3) is 0.455. The first-order valence-corrected chi connectivity index (χ1v) is 5.85. The lowest BCUT2D eigenvalue weighted by Crippen LogP contribution is -2.25. The van der Waals surface area contributed by atoms with Gasteiger partial charge in [0.05, 0.1) is 16.9 Å². The van der Waals surface area contributed by atoms with Gasteiger partial charge in [0, 0.05) is 12.7 Å². The van der Waals surface area contributed by atoms with Crippen LogP contribution >= 0.6 is 12.2 Å². The predicted octanol–water partition coefficient (Wildman–Crippen LogP) is 0.971. The highest BCUT2D eigenvalue weighted by atomic mass is 32.1. The van der Waals surface area contributed by atoms with Crippen LogP contribution in [0.4, 0.5) is 0 Å². The van der Waals surface area contributed by atoms with Gasteiger partial charge < -0.3 is 11.1 Å². The number of thiocarbonyl (C=S) groups is 1. The second-order valence-electron chi connectivity index (χ2n) is 3.72. The van der Waals surface area contributed by atoms with Crippen LogP contribution in [0.5, 0.6) is 0 Å². The van der Waals surface area contributed by atoms with Crippen LogP contribution in [-0.2, 0) is 0 Å². The molecule has 1 rings (SSSR count). The highest BCUT2D eigenvalue weighted by Crippen LogP contribution is 1.96. The van der Waals surface area contributed by atoms with E-state index in [0.717, 1.165) is 25.0 Å². The molecule has 5 nitrogen and oxygen atoms in total. The molecule has 0 fully saturated rings. The second-order valence-corrected chi connectivity index (χ2v) is 4.25. The first kappa shape index (κ1) is 13.5. The van der Waals surface area contributed by atoms with Crippen LogP contribution in [0.2, 0.25) is 0 Å². The normalized spacial score (nSPS) is 9.94. The van der Waals surface area contributed by atoms with Crippen LogP contribution in [0, 0.1) is 6.92 Å². The highest BCUT2D eigenvalue weighted by Gasteiger charge is 2.05. The van der Waals surface area contributed by atoms with Gasteiger partial charge in [-0.05, 0) is 26.2 Å². The maximum Gasteiger partial charge on any atom is 0.271 e. The zero-order chi connectivity index (χ0) is 12.7. The Hall–Kier alpha value is -1.56. The van der Waals surface area contributed by atoms with Gasteiger partial charge >= 0.3 is 0 Å². The van der Waals surface area contributed by atoms with Crippen LogP contribution in [0.25, 0.3) is 0 Å². The number of aromatic nitrogens is 2. The number of amides is 1. The van der Waals surface area contributed by atoms with E-state index in [2.05, 4.69) is 15.3 Å². The molecule has 0 unspecified atom stereocenters. The van der Waals surface area contributed by atoms with E-state index in [1.807, 2.05) is 6.92 Å². The number of rotatable bonds is 6. The molecule has 0 aromatic carbocycles. The quantitative estimate of drug-likeness (QED) is 0.582. The number of nitrogens with two attached hydrogens (primary N) is 1. The van der Waals surface area contributed by atoms with E-state index in [-0.39, 0.29) is 5.91 Å². The SMILES string of the molecule is Cc1cnc(C(=O)NCCCCC(N)=S)cn1. The molecule has 0 saturated heterocycles. The van der Waals surface area contributed by atoms with Crippen molar-refractivity contribution in [2.45, 2.75) is 26.2 Å². The Labute approximate surface area is 106 Å². The number of carbonyl (C=O) groups is 1. The Morgan fingerprint density at radius 2 is 2.18 bits per heavy atom. The van der Waals surface area contributed by atoms with Gasteiger partial charge in [-0.1, -0.05) is 12.2 Å². The van der Waals surface area contributed by atoms with Crippen molar-refractivity contribution in [3.63, 3.8) is 0 Å².